The maximum atomic E-state index is 12.4. The highest BCUT2D eigenvalue weighted by atomic mass is 32.2. The lowest BCUT2D eigenvalue weighted by Gasteiger charge is -2.15. The maximum absolute atomic E-state index is 12.4. The van der Waals surface area contributed by atoms with Gasteiger partial charge >= 0.3 is 5.97 Å². The van der Waals surface area contributed by atoms with E-state index in [-0.39, 0.29) is 15.6 Å². The Hall–Kier alpha value is -1.22. The SMILES string of the molecule is Cc1ccsc1CN(C)S(=O)(=O)c1ccc(C(=O)O)s1. The predicted molar refractivity (Wildman–Crippen MR) is 79.0 cm³/mol. The Morgan fingerprint density at radius 1 is 1.35 bits per heavy atom. The summed E-state index contributed by atoms with van der Waals surface area (Å²) in [6.07, 6.45) is 0. The van der Waals surface area contributed by atoms with Crippen LogP contribution in [0.5, 0.6) is 0 Å². The molecule has 0 fully saturated rings. The minimum absolute atomic E-state index is 0.0179. The molecule has 0 spiro atoms. The molecule has 8 heteroatoms. The summed E-state index contributed by atoms with van der Waals surface area (Å²) in [6, 6.07) is 4.58. The number of carboxylic acid groups (broad SMARTS) is 1. The average molecular weight is 331 g/mol. The van der Waals surface area contributed by atoms with Gasteiger partial charge in [0.2, 0.25) is 0 Å². The molecule has 20 heavy (non-hydrogen) atoms. The van der Waals surface area contributed by atoms with Crippen molar-refractivity contribution in [3.63, 3.8) is 0 Å². The standard InChI is InChI=1S/C12H13NO4S3/c1-8-5-6-18-10(8)7-13(2)20(16,17)11-4-3-9(19-11)12(14)15/h3-6H,7H2,1-2H3,(H,14,15). The number of hydrogen-bond donors (Lipinski definition) is 1. The number of nitrogens with zero attached hydrogens (tertiary/aromatic N) is 1. The molecule has 0 aliphatic rings. The van der Waals surface area contributed by atoms with Crippen molar-refractivity contribution in [2.45, 2.75) is 17.7 Å². The fourth-order valence-electron chi connectivity index (χ4n) is 1.58. The average Bonchev–Trinajstić information content (AvgIpc) is 2.99. The first-order valence-corrected chi connectivity index (χ1v) is 8.78. The molecule has 2 aromatic heterocycles. The Morgan fingerprint density at radius 3 is 2.55 bits per heavy atom. The molecular formula is C12H13NO4S3. The third-order valence-electron chi connectivity index (χ3n) is 2.79. The summed E-state index contributed by atoms with van der Waals surface area (Å²) in [6.45, 7) is 2.21. The van der Waals surface area contributed by atoms with E-state index in [0.717, 1.165) is 21.8 Å². The molecule has 0 radical (unpaired) electrons. The zero-order valence-electron chi connectivity index (χ0n) is 10.9. The van der Waals surface area contributed by atoms with E-state index >= 15 is 0 Å². The number of carboxylic acids is 1. The van der Waals surface area contributed by atoms with Crippen molar-refractivity contribution in [3.05, 3.63) is 38.9 Å². The van der Waals surface area contributed by atoms with Crippen LogP contribution in [-0.2, 0) is 16.6 Å². The van der Waals surface area contributed by atoms with E-state index < -0.39 is 16.0 Å². The zero-order chi connectivity index (χ0) is 14.9. The second kappa shape index (κ2) is 5.65. The summed E-state index contributed by atoms with van der Waals surface area (Å²) in [5, 5.41) is 10.8. The van der Waals surface area contributed by atoms with Crippen molar-refractivity contribution >= 4 is 38.7 Å². The van der Waals surface area contributed by atoms with Crippen LogP contribution in [0, 0.1) is 6.92 Å². The van der Waals surface area contributed by atoms with Gasteiger partial charge in [0.05, 0.1) is 0 Å². The van der Waals surface area contributed by atoms with Gasteiger partial charge in [0.15, 0.2) is 0 Å². The largest absolute Gasteiger partial charge is 0.477 e. The number of aryl methyl sites for hydroxylation is 1. The van der Waals surface area contributed by atoms with E-state index in [1.807, 2.05) is 18.4 Å². The molecule has 0 saturated heterocycles. The van der Waals surface area contributed by atoms with E-state index in [4.69, 9.17) is 5.11 Å². The van der Waals surface area contributed by atoms with Gasteiger partial charge in [0.1, 0.15) is 9.09 Å². The van der Waals surface area contributed by atoms with Crippen LogP contribution in [0.3, 0.4) is 0 Å². The smallest absolute Gasteiger partial charge is 0.345 e. The molecule has 0 aliphatic heterocycles. The third-order valence-corrected chi connectivity index (χ3v) is 7.14. The molecule has 0 unspecified atom stereocenters. The van der Waals surface area contributed by atoms with Crippen molar-refractivity contribution < 1.29 is 18.3 Å². The van der Waals surface area contributed by atoms with E-state index in [1.165, 1.54) is 34.8 Å². The van der Waals surface area contributed by atoms with Crippen LogP contribution < -0.4 is 0 Å². The molecule has 0 saturated carbocycles. The van der Waals surface area contributed by atoms with Gasteiger partial charge in [0, 0.05) is 18.5 Å². The summed E-state index contributed by atoms with van der Waals surface area (Å²) >= 11 is 2.27. The van der Waals surface area contributed by atoms with Gasteiger partial charge < -0.3 is 5.11 Å². The van der Waals surface area contributed by atoms with Gasteiger partial charge in [-0.1, -0.05) is 0 Å². The predicted octanol–water partition coefficient (Wildman–Crippen LogP) is 2.64. The van der Waals surface area contributed by atoms with Gasteiger partial charge in [-0.15, -0.1) is 22.7 Å². The number of carbonyl (C=O) groups is 1. The van der Waals surface area contributed by atoms with Crippen molar-refractivity contribution in [2.24, 2.45) is 0 Å². The van der Waals surface area contributed by atoms with Crippen LogP contribution in [0.1, 0.15) is 20.1 Å². The lowest BCUT2D eigenvalue weighted by Crippen LogP contribution is -2.25. The topological polar surface area (TPSA) is 74.7 Å². The second-order valence-corrected chi connectivity index (χ2v) is 8.57. The Labute approximate surface area is 125 Å². The molecule has 2 heterocycles. The monoisotopic (exact) mass is 331 g/mol. The van der Waals surface area contributed by atoms with Gasteiger partial charge in [-0.05, 0) is 36.1 Å². The van der Waals surface area contributed by atoms with Crippen LogP contribution >= 0.6 is 22.7 Å². The van der Waals surface area contributed by atoms with E-state index in [2.05, 4.69) is 0 Å². The number of rotatable bonds is 5. The molecule has 2 aromatic rings. The molecule has 0 amide bonds. The van der Waals surface area contributed by atoms with Crippen LogP contribution in [0.4, 0.5) is 0 Å². The molecule has 108 valence electrons. The lowest BCUT2D eigenvalue weighted by molar-refractivity contribution is 0.0702. The fourth-order valence-corrected chi connectivity index (χ4v) is 5.12. The molecule has 5 nitrogen and oxygen atoms in total. The van der Waals surface area contributed by atoms with Crippen LogP contribution in [0.2, 0.25) is 0 Å². The first-order valence-electron chi connectivity index (χ1n) is 5.65. The first kappa shape index (κ1) is 15.2. The summed E-state index contributed by atoms with van der Waals surface area (Å²) in [4.78, 5) is 11.8. The molecule has 2 rings (SSSR count). The minimum Gasteiger partial charge on any atom is -0.477 e. The highest BCUT2D eigenvalue weighted by Crippen LogP contribution is 2.26. The third kappa shape index (κ3) is 2.93. The lowest BCUT2D eigenvalue weighted by atomic mass is 10.3. The number of thiophene rings is 2. The molecule has 0 aliphatic carbocycles. The first-order chi connectivity index (χ1) is 9.32. The Kier molecular flexibility index (Phi) is 4.28. The number of aromatic carboxylic acids is 1. The number of hydrogen-bond acceptors (Lipinski definition) is 5. The van der Waals surface area contributed by atoms with Gasteiger partial charge in [-0.2, -0.15) is 4.31 Å². The summed E-state index contributed by atoms with van der Waals surface area (Å²) in [7, 11) is -2.15. The Balaban J connectivity index is 2.25. The summed E-state index contributed by atoms with van der Waals surface area (Å²) in [5.74, 6) is -1.12. The Morgan fingerprint density at radius 2 is 2.05 bits per heavy atom. The zero-order valence-corrected chi connectivity index (χ0v) is 13.3. The van der Waals surface area contributed by atoms with Gasteiger partial charge in [0.25, 0.3) is 10.0 Å². The van der Waals surface area contributed by atoms with Crippen LogP contribution in [-0.4, -0.2) is 30.8 Å². The van der Waals surface area contributed by atoms with E-state index in [1.54, 1.807) is 0 Å². The van der Waals surface area contributed by atoms with Crippen LogP contribution in [0.25, 0.3) is 0 Å². The van der Waals surface area contributed by atoms with E-state index in [0.29, 0.717) is 0 Å². The minimum atomic E-state index is -3.65. The summed E-state index contributed by atoms with van der Waals surface area (Å²) in [5.41, 5.74) is 1.05. The highest BCUT2D eigenvalue weighted by Gasteiger charge is 2.24. The molecular weight excluding hydrogens is 318 g/mol. The van der Waals surface area contributed by atoms with Crippen molar-refractivity contribution in [1.29, 1.82) is 0 Å². The molecule has 0 bridgehead atoms. The van der Waals surface area contributed by atoms with Crippen molar-refractivity contribution in [3.8, 4) is 0 Å². The van der Waals surface area contributed by atoms with Crippen molar-refractivity contribution in [1.82, 2.24) is 4.31 Å². The maximum Gasteiger partial charge on any atom is 0.345 e. The Bertz CT molecular complexity index is 729. The van der Waals surface area contributed by atoms with Gasteiger partial charge in [-0.25, -0.2) is 13.2 Å². The molecule has 0 atom stereocenters. The molecule has 0 aromatic carbocycles. The molecule has 1 N–H and O–H groups in total. The normalized spacial score (nSPS) is 11.9. The summed E-state index contributed by atoms with van der Waals surface area (Å²) < 4.78 is 26.0. The number of sulfonamides is 1. The van der Waals surface area contributed by atoms with Gasteiger partial charge in [-0.3, -0.25) is 0 Å². The van der Waals surface area contributed by atoms with Crippen LogP contribution in [0.15, 0.2) is 27.8 Å². The quantitative estimate of drug-likeness (QED) is 0.914. The highest BCUT2D eigenvalue weighted by molar-refractivity contribution is 7.91. The fraction of sp³-hybridized carbons (Fsp3) is 0.250. The van der Waals surface area contributed by atoms with Crippen molar-refractivity contribution in [2.75, 3.05) is 7.05 Å². The second-order valence-electron chi connectivity index (χ2n) is 4.21. The van der Waals surface area contributed by atoms with E-state index in [9.17, 15) is 13.2 Å².